The lowest BCUT2D eigenvalue weighted by Gasteiger charge is -2.34. The fourth-order valence-electron chi connectivity index (χ4n) is 3.53. The molecule has 1 saturated heterocycles. The van der Waals surface area contributed by atoms with E-state index in [0.717, 1.165) is 5.69 Å². The molecule has 2 heterocycles. The molecule has 0 atom stereocenters. The molecule has 1 N–H and O–H groups in total. The van der Waals surface area contributed by atoms with Crippen LogP contribution in [0.3, 0.4) is 0 Å². The molecule has 1 aliphatic heterocycles. The van der Waals surface area contributed by atoms with Crippen molar-refractivity contribution in [1.29, 1.82) is 0 Å². The zero-order valence-electron chi connectivity index (χ0n) is 15.3. The van der Waals surface area contributed by atoms with Crippen molar-refractivity contribution in [3.05, 3.63) is 58.4 Å². The first-order valence-electron chi connectivity index (χ1n) is 8.74. The summed E-state index contributed by atoms with van der Waals surface area (Å²) in [5.74, 6) is -0.179. The van der Waals surface area contributed by atoms with Crippen molar-refractivity contribution in [2.45, 2.75) is 20.8 Å². The topological polar surface area (TPSA) is 73.5 Å². The average molecular weight is 353 g/mol. The number of hydrogen-bond donors (Lipinski definition) is 1. The number of piperazine rings is 1. The summed E-state index contributed by atoms with van der Waals surface area (Å²) < 4.78 is 0. The predicted octanol–water partition coefficient (Wildman–Crippen LogP) is 2.43. The Morgan fingerprint density at radius 1 is 0.885 bits per heavy atom. The van der Waals surface area contributed by atoms with Crippen LogP contribution < -0.4 is 0 Å². The number of rotatable bonds is 3. The van der Waals surface area contributed by atoms with Crippen LogP contribution in [0.1, 0.15) is 49.4 Å². The summed E-state index contributed by atoms with van der Waals surface area (Å²) in [5.41, 5.74) is 3.13. The van der Waals surface area contributed by atoms with Crippen LogP contribution in [-0.4, -0.2) is 58.6 Å². The number of nitrogens with one attached hydrogen (secondary N) is 1. The van der Waals surface area contributed by atoms with Gasteiger partial charge in [0.1, 0.15) is 5.69 Å². The number of nitrogens with zero attached hydrogens (tertiary/aromatic N) is 2. The Hall–Kier alpha value is -2.89. The van der Waals surface area contributed by atoms with Crippen LogP contribution in [0, 0.1) is 13.8 Å². The fourth-order valence-corrected chi connectivity index (χ4v) is 3.53. The maximum Gasteiger partial charge on any atom is 0.270 e. The van der Waals surface area contributed by atoms with Crippen molar-refractivity contribution < 1.29 is 14.4 Å². The second kappa shape index (κ2) is 7.15. The predicted molar refractivity (Wildman–Crippen MR) is 98.5 cm³/mol. The molecule has 136 valence electrons. The molecule has 3 rings (SSSR count). The van der Waals surface area contributed by atoms with Crippen LogP contribution in [0.5, 0.6) is 0 Å². The average Bonchev–Trinajstić information content (AvgIpc) is 2.95. The number of benzene rings is 1. The molecular formula is C20H23N3O3. The Balaban J connectivity index is 1.69. The van der Waals surface area contributed by atoms with Crippen molar-refractivity contribution in [2.75, 3.05) is 26.2 Å². The summed E-state index contributed by atoms with van der Waals surface area (Å²) in [6, 6.07) is 9.16. The number of amides is 2. The number of carbonyl (C=O) groups excluding carboxylic acids is 3. The normalized spacial score (nSPS) is 14.4. The minimum absolute atomic E-state index is 0.0107. The highest BCUT2D eigenvalue weighted by Crippen LogP contribution is 2.20. The van der Waals surface area contributed by atoms with E-state index in [1.165, 1.54) is 6.92 Å². The minimum atomic E-state index is -0.120. The molecular weight excluding hydrogens is 330 g/mol. The van der Waals surface area contributed by atoms with Crippen LogP contribution in [0.15, 0.2) is 30.3 Å². The minimum Gasteiger partial charge on any atom is -0.354 e. The third-order valence-electron chi connectivity index (χ3n) is 4.88. The van der Waals surface area contributed by atoms with Gasteiger partial charge in [0.15, 0.2) is 5.78 Å². The lowest BCUT2D eigenvalue weighted by atomic mass is 10.1. The van der Waals surface area contributed by atoms with Crippen LogP contribution in [0.25, 0.3) is 0 Å². The zero-order chi connectivity index (χ0) is 18.8. The Bertz CT molecular complexity index is 847. The summed E-state index contributed by atoms with van der Waals surface area (Å²) in [5, 5.41) is 0. The van der Waals surface area contributed by atoms with Gasteiger partial charge in [0.05, 0.1) is 0 Å². The van der Waals surface area contributed by atoms with Crippen molar-refractivity contribution in [3.63, 3.8) is 0 Å². The number of aryl methyl sites for hydroxylation is 1. The lowest BCUT2D eigenvalue weighted by Crippen LogP contribution is -2.50. The quantitative estimate of drug-likeness (QED) is 0.862. The van der Waals surface area contributed by atoms with Gasteiger partial charge in [0, 0.05) is 43.0 Å². The maximum absolute atomic E-state index is 12.8. The number of aromatic nitrogens is 1. The van der Waals surface area contributed by atoms with Crippen molar-refractivity contribution in [3.8, 4) is 0 Å². The van der Waals surface area contributed by atoms with Crippen LogP contribution >= 0.6 is 0 Å². The third-order valence-corrected chi connectivity index (χ3v) is 4.88. The van der Waals surface area contributed by atoms with E-state index in [1.54, 1.807) is 35.8 Å². The van der Waals surface area contributed by atoms with Gasteiger partial charge >= 0.3 is 0 Å². The molecule has 26 heavy (non-hydrogen) atoms. The summed E-state index contributed by atoms with van der Waals surface area (Å²) in [6.45, 7) is 7.05. The molecule has 0 aliphatic carbocycles. The van der Waals surface area contributed by atoms with Crippen molar-refractivity contribution in [1.82, 2.24) is 14.8 Å². The highest BCUT2D eigenvalue weighted by atomic mass is 16.2. The van der Waals surface area contributed by atoms with E-state index < -0.39 is 0 Å². The van der Waals surface area contributed by atoms with E-state index in [2.05, 4.69) is 4.98 Å². The highest BCUT2D eigenvalue weighted by molar-refractivity contribution is 6.02. The SMILES string of the molecule is CC(=O)c1c(C)[nH]c(C(=O)N2CCN(C(=O)c3ccccc3)CC2)c1C. The molecule has 2 aromatic rings. The number of ketones is 1. The van der Waals surface area contributed by atoms with Crippen molar-refractivity contribution in [2.24, 2.45) is 0 Å². The molecule has 1 fully saturated rings. The number of aromatic amines is 1. The van der Waals surface area contributed by atoms with Gasteiger partial charge in [-0.15, -0.1) is 0 Å². The fraction of sp³-hybridized carbons (Fsp3) is 0.350. The number of carbonyl (C=O) groups is 3. The van der Waals surface area contributed by atoms with Gasteiger partial charge < -0.3 is 14.8 Å². The van der Waals surface area contributed by atoms with E-state index in [1.807, 2.05) is 18.2 Å². The molecule has 1 aromatic heterocycles. The Morgan fingerprint density at radius 3 is 1.92 bits per heavy atom. The zero-order valence-corrected chi connectivity index (χ0v) is 15.3. The van der Waals surface area contributed by atoms with E-state index in [-0.39, 0.29) is 17.6 Å². The number of hydrogen-bond acceptors (Lipinski definition) is 3. The first-order valence-corrected chi connectivity index (χ1v) is 8.74. The molecule has 2 amide bonds. The molecule has 0 bridgehead atoms. The molecule has 6 nitrogen and oxygen atoms in total. The molecule has 0 radical (unpaired) electrons. The van der Waals surface area contributed by atoms with Crippen LogP contribution in [0.2, 0.25) is 0 Å². The van der Waals surface area contributed by atoms with Gasteiger partial charge in [-0.1, -0.05) is 18.2 Å². The van der Waals surface area contributed by atoms with Gasteiger partial charge in [-0.25, -0.2) is 0 Å². The Morgan fingerprint density at radius 2 is 1.42 bits per heavy atom. The number of H-pyrrole nitrogens is 1. The monoisotopic (exact) mass is 353 g/mol. The summed E-state index contributed by atoms with van der Waals surface area (Å²) in [6.07, 6.45) is 0. The van der Waals surface area contributed by atoms with E-state index >= 15 is 0 Å². The largest absolute Gasteiger partial charge is 0.354 e. The van der Waals surface area contributed by atoms with Gasteiger partial charge in [0.2, 0.25) is 0 Å². The molecule has 1 aliphatic rings. The maximum atomic E-state index is 12.8. The van der Waals surface area contributed by atoms with Gasteiger partial charge in [-0.2, -0.15) is 0 Å². The third kappa shape index (κ3) is 3.27. The molecule has 0 spiro atoms. The summed E-state index contributed by atoms with van der Waals surface area (Å²) in [4.78, 5) is 43.7. The van der Waals surface area contributed by atoms with Crippen LogP contribution in [0.4, 0.5) is 0 Å². The summed E-state index contributed by atoms with van der Waals surface area (Å²) >= 11 is 0. The Labute approximate surface area is 152 Å². The lowest BCUT2D eigenvalue weighted by molar-refractivity contribution is 0.0532. The van der Waals surface area contributed by atoms with E-state index in [4.69, 9.17) is 0 Å². The van der Waals surface area contributed by atoms with Gasteiger partial charge in [-0.05, 0) is 38.5 Å². The highest BCUT2D eigenvalue weighted by Gasteiger charge is 2.28. The van der Waals surface area contributed by atoms with Crippen molar-refractivity contribution >= 4 is 17.6 Å². The van der Waals surface area contributed by atoms with Crippen LogP contribution in [-0.2, 0) is 0 Å². The molecule has 6 heteroatoms. The second-order valence-electron chi connectivity index (χ2n) is 6.63. The summed E-state index contributed by atoms with van der Waals surface area (Å²) in [7, 11) is 0. The second-order valence-corrected chi connectivity index (χ2v) is 6.63. The van der Waals surface area contributed by atoms with E-state index in [0.29, 0.717) is 48.6 Å². The van der Waals surface area contributed by atoms with Gasteiger partial charge in [0.25, 0.3) is 11.8 Å². The molecule has 1 aromatic carbocycles. The van der Waals surface area contributed by atoms with Gasteiger partial charge in [-0.3, -0.25) is 14.4 Å². The number of Topliss-reactive ketones (excluding diaryl/α,β-unsaturated/α-hetero) is 1. The molecule has 0 saturated carbocycles. The van der Waals surface area contributed by atoms with E-state index in [9.17, 15) is 14.4 Å². The molecule has 0 unspecified atom stereocenters. The smallest absolute Gasteiger partial charge is 0.270 e. The standard InChI is InChI=1S/C20H23N3O3/c1-13-17(15(3)24)14(2)21-18(13)20(26)23-11-9-22(10-12-23)19(25)16-7-5-4-6-8-16/h4-8,21H,9-12H2,1-3H3. The first kappa shape index (κ1) is 17.9. The first-order chi connectivity index (χ1) is 12.4. The Kier molecular flexibility index (Phi) is 4.93.